The van der Waals surface area contributed by atoms with Gasteiger partial charge in [-0.15, -0.1) is 0 Å². The fourth-order valence-corrected chi connectivity index (χ4v) is 2.93. The molecule has 0 bridgehead atoms. The zero-order valence-corrected chi connectivity index (χ0v) is 12.6. The molecule has 0 amide bonds. The molecule has 5 nitrogen and oxygen atoms in total. The lowest BCUT2D eigenvalue weighted by Gasteiger charge is -2.34. The van der Waals surface area contributed by atoms with Crippen LogP contribution in [0.3, 0.4) is 0 Å². The van der Waals surface area contributed by atoms with E-state index in [1.54, 1.807) is 0 Å². The van der Waals surface area contributed by atoms with Gasteiger partial charge < -0.3 is 15.7 Å². The van der Waals surface area contributed by atoms with E-state index in [2.05, 4.69) is 10.1 Å². The number of piperidine rings is 1. The molecule has 116 valence electrons. The summed E-state index contributed by atoms with van der Waals surface area (Å²) in [5.74, 6) is 0.177. The average Bonchev–Trinajstić information content (AvgIpc) is 2.53. The van der Waals surface area contributed by atoms with Crippen LogP contribution in [0.25, 0.3) is 0 Å². The molecule has 2 atom stereocenters. The lowest BCUT2D eigenvalue weighted by molar-refractivity contribution is 0.00565. The molecule has 1 aliphatic rings. The fraction of sp³-hybridized carbons (Fsp3) is 0.562. The summed E-state index contributed by atoms with van der Waals surface area (Å²) in [5.41, 5.74) is 6.98. The third kappa shape index (κ3) is 4.44. The number of ether oxygens (including phenoxy) is 1. The number of oxime groups is 1. The van der Waals surface area contributed by atoms with Crippen LogP contribution in [-0.4, -0.2) is 48.3 Å². The zero-order chi connectivity index (χ0) is 15.1. The van der Waals surface area contributed by atoms with Crippen molar-refractivity contribution in [2.24, 2.45) is 10.9 Å². The number of hydrogen-bond donors (Lipinski definition) is 2. The summed E-state index contributed by atoms with van der Waals surface area (Å²) in [7, 11) is 0. The molecule has 5 heteroatoms. The van der Waals surface area contributed by atoms with Gasteiger partial charge in [-0.25, -0.2) is 0 Å². The summed E-state index contributed by atoms with van der Waals surface area (Å²) in [6.07, 6.45) is 2.54. The number of benzene rings is 1. The molecule has 1 fully saturated rings. The van der Waals surface area contributed by atoms with Gasteiger partial charge in [0.2, 0.25) is 0 Å². The Bertz CT molecular complexity index is 448. The maximum atomic E-state index is 9.05. The van der Waals surface area contributed by atoms with Crippen molar-refractivity contribution in [3.8, 4) is 0 Å². The van der Waals surface area contributed by atoms with E-state index in [0.717, 1.165) is 44.6 Å². The maximum Gasteiger partial charge on any atom is 0.147 e. The Morgan fingerprint density at radius 2 is 2.24 bits per heavy atom. The molecule has 1 aromatic rings. The van der Waals surface area contributed by atoms with Gasteiger partial charge in [-0.3, -0.25) is 4.90 Å². The smallest absolute Gasteiger partial charge is 0.147 e. The Morgan fingerprint density at radius 1 is 1.48 bits per heavy atom. The highest BCUT2D eigenvalue weighted by molar-refractivity contribution is 5.87. The van der Waals surface area contributed by atoms with E-state index >= 15 is 0 Å². The number of hydrogen-bond acceptors (Lipinski definition) is 4. The summed E-state index contributed by atoms with van der Waals surface area (Å²) in [5, 5.41) is 12.3. The van der Waals surface area contributed by atoms with Crippen LogP contribution >= 0.6 is 0 Å². The first kappa shape index (κ1) is 15.8. The highest BCUT2D eigenvalue weighted by Crippen LogP contribution is 2.21. The van der Waals surface area contributed by atoms with Gasteiger partial charge in [0.05, 0.1) is 12.0 Å². The monoisotopic (exact) mass is 291 g/mol. The highest BCUT2D eigenvalue weighted by atomic mass is 16.5. The van der Waals surface area contributed by atoms with Crippen molar-refractivity contribution >= 4 is 5.84 Å². The number of nitrogens with two attached hydrogens (primary N) is 1. The maximum absolute atomic E-state index is 9.05. The highest BCUT2D eigenvalue weighted by Gasteiger charge is 2.25. The van der Waals surface area contributed by atoms with Crippen molar-refractivity contribution in [2.75, 3.05) is 26.2 Å². The molecule has 1 aliphatic heterocycles. The van der Waals surface area contributed by atoms with Crippen LogP contribution < -0.4 is 5.73 Å². The fourth-order valence-electron chi connectivity index (χ4n) is 2.93. The van der Waals surface area contributed by atoms with Crippen molar-refractivity contribution in [1.82, 2.24) is 4.90 Å². The molecule has 1 aromatic carbocycles. The number of rotatable bonds is 6. The minimum absolute atomic E-state index is 0.0865. The quantitative estimate of drug-likeness (QED) is 0.364. The molecular weight excluding hydrogens is 266 g/mol. The van der Waals surface area contributed by atoms with Gasteiger partial charge in [0.1, 0.15) is 5.84 Å². The first-order chi connectivity index (χ1) is 10.2. The molecule has 0 radical (unpaired) electrons. The molecule has 1 heterocycles. The van der Waals surface area contributed by atoms with Crippen molar-refractivity contribution in [3.63, 3.8) is 0 Å². The van der Waals surface area contributed by atoms with E-state index in [1.165, 1.54) is 0 Å². The lowest BCUT2D eigenvalue weighted by Crippen LogP contribution is -2.43. The van der Waals surface area contributed by atoms with Gasteiger partial charge >= 0.3 is 0 Å². The van der Waals surface area contributed by atoms with Gasteiger partial charge in [0.25, 0.3) is 0 Å². The van der Waals surface area contributed by atoms with E-state index in [1.807, 2.05) is 37.3 Å². The predicted molar refractivity (Wildman–Crippen MR) is 83.7 cm³/mol. The van der Waals surface area contributed by atoms with Crippen LogP contribution in [-0.2, 0) is 4.74 Å². The van der Waals surface area contributed by atoms with E-state index in [-0.39, 0.29) is 11.8 Å². The predicted octanol–water partition coefficient (Wildman–Crippen LogP) is 2.02. The molecule has 3 N–H and O–H groups in total. The van der Waals surface area contributed by atoms with Crippen LogP contribution in [0.4, 0.5) is 0 Å². The zero-order valence-electron chi connectivity index (χ0n) is 12.6. The van der Waals surface area contributed by atoms with Crippen LogP contribution in [0, 0.1) is 0 Å². The molecule has 2 rings (SSSR count). The van der Waals surface area contributed by atoms with E-state index in [9.17, 15) is 0 Å². The molecular formula is C16H25N3O2. The largest absolute Gasteiger partial charge is 0.409 e. The summed E-state index contributed by atoms with van der Waals surface area (Å²) in [6, 6.07) is 9.97. The number of amidine groups is 1. The second kappa shape index (κ2) is 8.00. The molecule has 0 aliphatic carbocycles. The Balaban J connectivity index is 2.05. The standard InChI is InChI=1S/C16H25N3O2/c1-2-21-14-9-6-10-19(11-14)12-15(16(17)18-20)13-7-4-3-5-8-13/h3-5,7-8,14-15,20H,2,6,9-12H2,1H3,(H2,17,18). The molecule has 1 saturated heterocycles. The Hall–Kier alpha value is -1.59. The Labute approximate surface area is 126 Å². The first-order valence-corrected chi connectivity index (χ1v) is 7.61. The SMILES string of the molecule is CCOC1CCCN(CC(C(N)=NO)c2ccccc2)C1. The van der Waals surface area contributed by atoms with E-state index in [4.69, 9.17) is 15.7 Å². The van der Waals surface area contributed by atoms with Crippen LogP contribution in [0.5, 0.6) is 0 Å². The van der Waals surface area contributed by atoms with E-state index < -0.39 is 0 Å². The third-order valence-electron chi connectivity index (χ3n) is 3.98. The number of likely N-dealkylation sites (tertiary alicyclic amines) is 1. The second-order valence-corrected chi connectivity index (χ2v) is 5.47. The van der Waals surface area contributed by atoms with Crippen LogP contribution in [0.15, 0.2) is 35.5 Å². The van der Waals surface area contributed by atoms with Crippen molar-refractivity contribution in [2.45, 2.75) is 31.8 Å². The lowest BCUT2D eigenvalue weighted by atomic mass is 9.96. The Kier molecular flexibility index (Phi) is 6.02. The van der Waals surface area contributed by atoms with Crippen molar-refractivity contribution < 1.29 is 9.94 Å². The number of nitrogens with zero attached hydrogens (tertiary/aromatic N) is 2. The minimum atomic E-state index is -0.0865. The molecule has 0 spiro atoms. The summed E-state index contributed by atoms with van der Waals surface area (Å²) < 4.78 is 5.73. The molecule has 2 unspecified atom stereocenters. The molecule has 0 saturated carbocycles. The van der Waals surface area contributed by atoms with Gasteiger partial charge in [0, 0.05) is 19.7 Å². The first-order valence-electron chi connectivity index (χ1n) is 7.61. The van der Waals surface area contributed by atoms with Gasteiger partial charge in [0.15, 0.2) is 0 Å². The summed E-state index contributed by atoms with van der Waals surface area (Å²) in [4.78, 5) is 2.35. The average molecular weight is 291 g/mol. The van der Waals surface area contributed by atoms with E-state index in [0.29, 0.717) is 6.10 Å². The van der Waals surface area contributed by atoms with Gasteiger partial charge in [-0.05, 0) is 31.9 Å². The van der Waals surface area contributed by atoms with Crippen LogP contribution in [0.1, 0.15) is 31.2 Å². The molecule has 21 heavy (non-hydrogen) atoms. The van der Waals surface area contributed by atoms with Gasteiger partial charge in [-0.2, -0.15) is 0 Å². The normalized spacial score (nSPS) is 22.1. The topological polar surface area (TPSA) is 71.1 Å². The van der Waals surface area contributed by atoms with Crippen molar-refractivity contribution in [1.29, 1.82) is 0 Å². The van der Waals surface area contributed by atoms with Crippen molar-refractivity contribution in [3.05, 3.63) is 35.9 Å². The molecule has 0 aromatic heterocycles. The summed E-state index contributed by atoms with van der Waals surface area (Å²) in [6.45, 7) is 5.48. The third-order valence-corrected chi connectivity index (χ3v) is 3.98. The summed E-state index contributed by atoms with van der Waals surface area (Å²) >= 11 is 0. The minimum Gasteiger partial charge on any atom is -0.409 e. The van der Waals surface area contributed by atoms with Crippen LogP contribution in [0.2, 0.25) is 0 Å². The second-order valence-electron chi connectivity index (χ2n) is 5.47. The van der Waals surface area contributed by atoms with Gasteiger partial charge in [-0.1, -0.05) is 35.5 Å². The Morgan fingerprint density at radius 3 is 2.90 bits per heavy atom.